The molecule has 5 heteroatoms. The van der Waals surface area contributed by atoms with Crippen LogP contribution >= 0.6 is 11.6 Å². The first-order valence-electron chi connectivity index (χ1n) is 5.41. The predicted octanol–water partition coefficient (Wildman–Crippen LogP) is 3.39. The minimum Gasteiger partial charge on any atom is -0.241 e. The third-order valence-corrected chi connectivity index (χ3v) is 2.85. The number of halogens is 3. The van der Waals surface area contributed by atoms with Crippen molar-refractivity contribution in [2.24, 2.45) is 0 Å². The van der Waals surface area contributed by atoms with Crippen LogP contribution in [-0.2, 0) is 12.3 Å². The van der Waals surface area contributed by atoms with Crippen molar-refractivity contribution < 1.29 is 8.78 Å². The average Bonchev–Trinajstić information content (AvgIpc) is 2.27. The summed E-state index contributed by atoms with van der Waals surface area (Å²) in [7, 11) is 0. The maximum Gasteiger partial charge on any atom is 0.132 e. The smallest absolute Gasteiger partial charge is 0.132 e. The maximum absolute atomic E-state index is 13.0. The normalized spacial score (nSPS) is 10.7. The van der Waals surface area contributed by atoms with E-state index in [1.54, 1.807) is 6.20 Å². The number of benzene rings is 1. The summed E-state index contributed by atoms with van der Waals surface area (Å²) in [5, 5.41) is 0. The Morgan fingerprint density at radius 1 is 1.17 bits per heavy atom. The SMILES string of the molecule is Cc1nc(Cc2cc(F)cc(F)c2)ncc1CCl. The van der Waals surface area contributed by atoms with Crippen LogP contribution in [0.5, 0.6) is 0 Å². The minimum absolute atomic E-state index is 0.290. The fourth-order valence-corrected chi connectivity index (χ4v) is 1.91. The van der Waals surface area contributed by atoms with Crippen LogP contribution in [0.15, 0.2) is 24.4 Å². The topological polar surface area (TPSA) is 25.8 Å². The molecule has 0 fully saturated rings. The zero-order valence-electron chi connectivity index (χ0n) is 9.75. The first kappa shape index (κ1) is 12.9. The molecule has 0 radical (unpaired) electrons. The van der Waals surface area contributed by atoms with Crippen LogP contribution in [0.25, 0.3) is 0 Å². The number of rotatable bonds is 3. The summed E-state index contributed by atoms with van der Waals surface area (Å²) in [4.78, 5) is 8.38. The maximum atomic E-state index is 13.0. The van der Waals surface area contributed by atoms with Gasteiger partial charge in [-0.05, 0) is 24.6 Å². The molecule has 0 saturated heterocycles. The molecule has 94 valence electrons. The number of aromatic nitrogens is 2. The van der Waals surface area contributed by atoms with Gasteiger partial charge in [0.05, 0.1) is 5.88 Å². The van der Waals surface area contributed by atoms with Crippen molar-refractivity contribution in [2.45, 2.75) is 19.2 Å². The fraction of sp³-hybridized carbons (Fsp3) is 0.231. The Hall–Kier alpha value is -1.55. The van der Waals surface area contributed by atoms with Crippen LogP contribution in [0.2, 0.25) is 0 Å². The van der Waals surface area contributed by atoms with Crippen molar-refractivity contribution in [3.05, 3.63) is 58.7 Å². The van der Waals surface area contributed by atoms with Gasteiger partial charge in [0.15, 0.2) is 0 Å². The van der Waals surface area contributed by atoms with Gasteiger partial charge in [0.1, 0.15) is 17.5 Å². The van der Waals surface area contributed by atoms with E-state index in [1.807, 2.05) is 6.92 Å². The van der Waals surface area contributed by atoms with Crippen molar-refractivity contribution in [3.8, 4) is 0 Å². The summed E-state index contributed by atoms with van der Waals surface area (Å²) in [6.07, 6.45) is 1.93. The van der Waals surface area contributed by atoms with Crippen molar-refractivity contribution in [3.63, 3.8) is 0 Å². The highest BCUT2D eigenvalue weighted by molar-refractivity contribution is 6.17. The van der Waals surface area contributed by atoms with E-state index in [2.05, 4.69) is 9.97 Å². The Labute approximate surface area is 109 Å². The van der Waals surface area contributed by atoms with E-state index in [1.165, 1.54) is 12.1 Å². The number of hydrogen-bond donors (Lipinski definition) is 0. The van der Waals surface area contributed by atoms with Gasteiger partial charge in [-0.3, -0.25) is 0 Å². The second kappa shape index (κ2) is 5.40. The zero-order chi connectivity index (χ0) is 13.1. The summed E-state index contributed by atoms with van der Waals surface area (Å²) >= 11 is 5.71. The molecule has 0 spiro atoms. The van der Waals surface area contributed by atoms with E-state index in [0.29, 0.717) is 17.3 Å². The van der Waals surface area contributed by atoms with Gasteiger partial charge in [0.25, 0.3) is 0 Å². The van der Waals surface area contributed by atoms with Crippen LogP contribution in [0.3, 0.4) is 0 Å². The Bertz CT molecular complexity index is 553. The van der Waals surface area contributed by atoms with Crippen LogP contribution in [0.4, 0.5) is 8.78 Å². The molecule has 0 N–H and O–H groups in total. The van der Waals surface area contributed by atoms with E-state index in [4.69, 9.17) is 11.6 Å². The molecule has 2 rings (SSSR count). The Kier molecular flexibility index (Phi) is 3.87. The molecule has 2 aromatic rings. The first-order valence-corrected chi connectivity index (χ1v) is 5.94. The second-order valence-corrected chi connectivity index (χ2v) is 4.25. The monoisotopic (exact) mass is 268 g/mol. The van der Waals surface area contributed by atoms with Crippen LogP contribution in [0, 0.1) is 18.6 Å². The second-order valence-electron chi connectivity index (χ2n) is 3.98. The molecule has 1 aromatic heterocycles. The molecule has 18 heavy (non-hydrogen) atoms. The fourth-order valence-electron chi connectivity index (χ4n) is 1.65. The predicted molar refractivity (Wildman–Crippen MR) is 65.5 cm³/mol. The lowest BCUT2D eigenvalue weighted by molar-refractivity contribution is 0.580. The molecule has 0 atom stereocenters. The molecular weight excluding hydrogens is 258 g/mol. The van der Waals surface area contributed by atoms with Gasteiger partial charge in [0, 0.05) is 29.9 Å². The molecular formula is C13H11ClF2N2. The molecule has 0 aliphatic rings. The molecule has 0 unspecified atom stereocenters. The van der Waals surface area contributed by atoms with Gasteiger partial charge in [-0.25, -0.2) is 18.7 Å². The average molecular weight is 269 g/mol. The molecule has 0 bridgehead atoms. The highest BCUT2D eigenvalue weighted by Gasteiger charge is 2.06. The summed E-state index contributed by atoms with van der Waals surface area (Å²) in [5.74, 6) is -0.328. The van der Waals surface area contributed by atoms with Crippen molar-refractivity contribution in [2.75, 3.05) is 0 Å². The van der Waals surface area contributed by atoms with Crippen LogP contribution in [-0.4, -0.2) is 9.97 Å². The summed E-state index contributed by atoms with van der Waals surface area (Å²) < 4.78 is 26.1. The lowest BCUT2D eigenvalue weighted by Crippen LogP contribution is -2.01. The molecule has 2 nitrogen and oxygen atoms in total. The van der Waals surface area contributed by atoms with E-state index in [0.717, 1.165) is 17.3 Å². The Morgan fingerprint density at radius 2 is 1.83 bits per heavy atom. The van der Waals surface area contributed by atoms with Crippen molar-refractivity contribution in [1.82, 2.24) is 9.97 Å². The highest BCUT2D eigenvalue weighted by atomic mass is 35.5. The van der Waals surface area contributed by atoms with E-state index >= 15 is 0 Å². The minimum atomic E-state index is -0.598. The standard InChI is InChI=1S/C13H11ClF2N2/c1-8-10(6-14)7-17-13(18-8)4-9-2-11(15)5-12(16)3-9/h2-3,5,7H,4,6H2,1H3. The third kappa shape index (κ3) is 3.01. The molecule has 0 saturated carbocycles. The van der Waals surface area contributed by atoms with E-state index < -0.39 is 11.6 Å². The van der Waals surface area contributed by atoms with Crippen molar-refractivity contribution >= 4 is 11.6 Å². The highest BCUT2D eigenvalue weighted by Crippen LogP contribution is 2.13. The molecule has 0 aliphatic carbocycles. The van der Waals surface area contributed by atoms with Gasteiger partial charge < -0.3 is 0 Å². The number of aryl methyl sites for hydroxylation is 1. The lowest BCUT2D eigenvalue weighted by Gasteiger charge is -2.05. The summed E-state index contributed by atoms with van der Waals surface area (Å²) in [6.45, 7) is 1.83. The largest absolute Gasteiger partial charge is 0.241 e. The van der Waals surface area contributed by atoms with Crippen LogP contribution < -0.4 is 0 Å². The van der Waals surface area contributed by atoms with E-state index in [-0.39, 0.29) is 6.42 Å². The van der Waals surface area contributed by atoms with Gasteiger partial charge >= 0.3 is 0 Å². The summed E-state index contributed by atoms with van der Waals surface area (Å²) in [6, 6.07) is 3.39. The zero-order valence-corrected chi connectivity index (χ0v) is 10.5. The van der Waals surface area contributed by atoms with Crippen molar-refractivity contribution in [1.29, 1.82) is 0 Å². The molecule has 1 aromatic carbocycles. The third-order valence-electron chi connectivity index (χ3n) is 2.56. The quantitative estimate of drug-likeness (QED) is 0.798. The molecule has 1 heterocycles. The van der Waals surface area contributed by atoms with Gasteiger partial charge in [0.2, 0.25) is 0 Å². The van der Waals surface area contributed by atoms with Crippen LogP contribution in [0.1, 0.15) is 22.6 Å². The Morgan fingerprint density at radius 3 is 2.39 bits per heavy atom. The lowest BCUT2D eigenvalue weighted by atomic mass is 10.1. The number of alkyl halides is 1. The molecule has 0 aliphatic heterocycles. The number of nitrogens with zero attached hydrogens (tertiary/aromatic N) is 2. The summed E-state index contributed by atoms with van der Waals surface area (Å²) in [5.41, 5.74) is 2.14. The first-order chi connectivity index (χ1) is 8.58. The van der Waals surface area contributed by atoms with E-state index in [9.17, 15) is 8.78 Å². The Balaban J connectivity index is 2.25. The van der Waals surface area contributed by atoms with Gasteiger partial charge in [-0.1, -0.05) is 0 Å². The molecule has 0 amide bonds. The van der Waals surface area contributed by atoms with Gasteiger partial charge in [-0.15, -0.1) is 11.6 Å². The number of hydrogen-bond acceptors (Lipinski definition) is 2. The van der Waals surface area contributed by atoms with Gasteiger partial charge in [-0.2, -0.15) is 0 Å².